The van der Waals surface area contributed by atoms with Crippen LogP contribution in [-0.4, -0.2) is 59.0 Å². The maximum absolute atomic E-state index is 9.17. The van der Waals surface area contributed by atoms with Crippen molar-refractivity contribution in [2.24, 2.45) is 10.9 Å². The fourth-order valence-corrected chi connectivity index (χ4v) is 2.22. The van der Waals surface area contributed by atoms with Gasteiger partial charge >= 0.3 is 0 Å². The van der Waals surface area contributed by atoms with Crippen molar-refractivity contribution in [2.75, 3.05) is 26.2 Å². The number of aliphatic hydroxyl groups is 1. The molecule has 0 saturated carbocycles. The molecule has 6 heteroatoms. The van der Waals surface area contributed by atoms with Crippen LogP contribution in [0.1, 0.15) is 26.7 Å². The fraction of sp³-hybridized carbons (Fsp3) is 0.909. The molecule has 100 valence electrons. The third-order valence-electron chi connectivity index (χ3n) is 2.79. The standard InChI is InChI=1S/C11H23N3O3/c1-11(2)8-14(6-9(7-15)17-11)5-3-4-10(12)13-16/h9,15-16H,3-8H2,1-2H3,(H2,12,13). The molecule has 1 heterocycles. The average molecular weight is 245 g/mol. The Morgan fingerprint density at radius 1 is 1.59 bits per heavy atom. The van der Waals surface area contributed by atoms with Crippen LogP contribution in [0.15, 0.2) is 5.16 Å². The number of morpholine rings is 1. The van der Waals surface area contributed by atoms with Crippen molar-refractivity contribution in [1.82, 2.24) is 4.90 Å². The van der Waals surface area contributed by atoms with Crippen LogP contribution < -0.4 is 5.73 Å². The third-order valence-corrected chi connectivity index (χ3v) is 2.79. The van der Waals surface area contributed by atoms with Crippen LogP contribution in [0.4, 0.5) is 0 Å². The molecule has 1 aliphatic rings. The Kier molecular flexibility index (Phi) is 5.17. The maximum atomic E-state index is 9.17. The summed E-state index contributed by atoms with van der Waals surface area (Å²) in [6, 6.07) is 0. The molecule has 1 atom stereocenters. The minimum atomic E-state index is -0.234. The molecule has 0 aromatic carbocycles. The van der Waals surface area contributed by atoms with E-state index in [9.17, 15) is 0 Å². The van der Waals surface area contributed by atoms with Gasteiger partial charge in [-0.1, -0.05) is 5.16 Å². The topological polar surface area (TPSA) is 91.3 Å². The van der Waals surface area contributed by atoms with Gasteiger partial charge in [-0.25, -0.2) is 0 Å². The zero-order chi connectivity index (χ0) is 12.9. The zero-order valence-corrected chi connectivity index (χ0v) is 10.6. The number of rotatable bonds is 5. The molecule has 1 rings (SSSR count). The number of nitrogens with two attached hydrogens (primary N) is 1. The molecule has 0 spiro atoms. The van der Waals surface area contributed by atoms with Gasteiger partial charge in [0.2, 0.25) is 0 Å². The van der Waals surface area contributed by atoms with Gasteiger partial charge in [0.15, 0.2) is 0 Å². The highest BCUT2D eigenvalue weighted by Gasteiger charge is 2.32. The summed E-state index contributed by atoms with van der Waals surface area (Å²) in [5, 5.41) is 20.5. The molecule has 0 amide bonds. The first-order valence-electron chi connectivity index (χ1n) is 5.94. The van der Waals surface area contributed by atoms with Crippen molar-refractivity contribution in [3.63, 3.8) is 0 Å². The van der Waals surface area contributed by atoms with Crippen LogP contribution in [-0.2, 0) is 4.74 Å². The highest BCUT2D eigenvalue weighted by molar-refractivity contribution is 5.79. The second-order valence-corrected chi connectivity index (χ2v) is 5.11. The van der Waals surface area contributed by atoms with Crippen molar-refractivity contribution in [3.8, 4) is 0 Å². The first-order chi connectivity index (χ1) is 7.96. The van der Waals surface area contributed by atoms with Gasteiger partial charge in [-0.2, -0.15) is 0 Å². The van der Waals surface area contributed by atoms with Gasteiger partial charge < -0.3 is 20.8 Å². The number of hydrogen-bond donors (Lipinski definition) is 3. The van der Waals surface area contributed by atoms with Crippen LogP contribution in [0.3, 0.4) is 0 Å². The van der Waals surface area contributed by atoms with Crippen molar-refractivity contribution >= 4 is 5.84 Å². The van der Waals surface area contributed by atoms with E-state index in [1.165, 1.54) is 0 Å². The number of nitrogens with zero attached hydrogens (tertiary/aromatic N) is 2. The van der Waals surface area contributed by atoms with Crippen LogP contribution in [0.25, 0.3) is 0 Å². The van der Waals surface area contributed by atoms with Gasteiger partial charge in [-0.05, 0) is 26.8 Å². The van der Waals surface area contributed by atoms with Crippen molar-refractivity contribution in [3.05, 3.63) is 0 Å². The Hall–Kier alpha value is -0.850. The van der Waals surface area contributed by atoms with Gasteiger partial charge in [0, 0.05) is 19.5 Å². The van der Waals surface area contributed by atoms with E-state index in [2.05, 4.69) is 10.1 Å². The quantitative estimate of drug-likeness (QED) is 0.274. The highest BCUT2D eigenvalue weighted by atomic mass is 16.5. The Labute approximate surface area is 102 Å². The molecule has 0 bridgehead atoms. The number of ether oxygens (including phenoxy) is 1. The monoisotopic (exact) mass is 245 g/mol. The minimum absolute atomic E-state index is 0.0418. The first-order valence-corrected chi connectivity index (χ1v) is 5.94. The van der Waals surface area contributed by atoms with Crippen molar-refractivity contribution < 1.29 is 15.1 Å². The Balaban J connectivity index is 2.37. The highest BCUT2D eigenvalue weighted by Crippen LogP contribution is 2.20. The molecule has 1 aliphatic heterocycles. The van der Waals surface area contributed by atoms with Gasteiger partial charge in [-0.15, -0.1) is 0 Å². The molecular formula is C11H23N3O3. The summed E-state index contributed by atoms with van der Waals surface area (Å²) in [4.78, 5) is 2.25. The van der Waals surface area contributed by atoms with E-state index in [0.717, 1.165) is 26.1 Å². The molecule has 17 heavy (non-hydrogen) atoms. The second-order valence-electron chi connectivity index (χ2n) is 5.11. The summed E-state index contributed by atoms with van der Waals surface area (Å²) in [5.41, 5.74) is 5.18. The van der Waals surface area contributed by atoms with Crippen LogP contribution >= 0.6 is 0 Å². The van der Waals surface area contributed by atoms with E-state index in [-0.39, 0.29) is 24.1 Å². The zero-order valence-electron chi connectivity index (χ0n) is 10.6. The van der Waals surface area contributed by atoms with Crippen LogP contribution in [0.5, 0.6) is 0 Å². The van der Waals surface area contributed by atoms with E-state index in [1.807, 2.05) is 13.8 Å². The molecule has 1 unspecified atom stereocenters. The van der Waals surface area contributed by atoms with Gasteiger partial charge in [0.25, 0.3) is 0 Å². The summed E-state index contributed by atoms with van der Waals surface area (Å²) in [6.45, 7) is 6.51. The summed E-state index contributed by atoms with van der Waals surface area (Å²) < 4.78 is 5.72. The summed E-state index contributed by atoms with van der Waals surface area (Å²) in [5.74, 6) is 0.260. The molecule has 0 aromatic heterocycles. The normalized spacial score (nSPS) is 26.1. The van der Waals surface area contributed by atoms with Crippen LogP contribution in [0.2, 0.25) is 0 Å². The molecule has 0 aliphatic carbocycles. The largest absolute Gasteiger partial charge is 0.409 e. The predicted molar refractivity (Wildman–Crippen MR) is 65.1 cm³/mol. The molecular weight excluding hydrogens is 222 g/mol. The SMILES string of the molecule is CC1(C)CN(CCCC(N)=NO)CC(CO)O1. The lowest BCUT2D eigenvalue weighted by Crippen LogP contribution is -2.53. The fourth-order valence-electron chi connectivity index (χ4n) is 2.22. The molecule has 1 fully saturated rings. The number of aliphatic hydroxyl groups excluding tert-OH is 1. The summed E-state index contributed by atoms with van der Waals surface area (Å²) >= 11 is 0. The average Bonchev–Trinajstić information content (AvgIpc) is 2.26. The smallest absolute Gasteiger partial charge is 0.139 e. The minimum Gasteiger partial charge on any atom is -0.409 e. The van der Waals surface area contributed by atoms with E-state index in [0.29, 0.717) is 6.42 Å². The van der Waals surface area contributed by atoms with E-state index in [4.69, 9.17) is 20.8 Å². The van der Waals surface area contributed by atoms with Crippen molar-refractivity contribution in [1.29, 1.82) is 0 Å². The maximum Gasteiger partial charge on any atom is 0.139 e. The number of hydrogen-bond acceptors (Lipinski definition) is 5. The van der Waals surface area contributed by atoms with Crippen LogP contribution in [0, 0.1) is 0 Å². The molecule has 0 aromatic rings. The van der Waals surface area contributed by atoms with E-state index < -0.39 is 0 Å². The molecule has 1 saturated heterocycles. The second kappa shape index (κ2) is 6.18. The summed E-state index contributed by atoms with van der Waals surface area (Å²) in [7, 11) is 0. The molecule has 6 nitrogen and oxygen atoms in total. The molecule has 4 N–H and O–H groups in total. The lowest BCUT2D eigenvalue weighted by molar-refractivity contribution is -0.148. The predicted octanol–water partition coefficient (Wildman–Crippen LogP) is -0.0153. The third kappa shape index (κ3) is 4.89. The van der Waals surface area contributed by atoms with Crippen molar-refractivity contribution in [2.45, 2.75) is 38.4 Å². The molecule has 0 radical (unpaired) electrons. The Bertz CT molecular complexity index is 269. The van der Waals surface area contributed by atoms with Gasteiger partial charge in [0.05, 0.1) is 18.3 Å². The van der Waals surface area contributed by atoms with Gasteiger partial charge in [0.1, 0.15) is 5.84 Å². The lowest BCUT2D eigenvalue weighted by atomic mass is 10.0. The lowest BCUT2D eigenvalue weighted by Gasteiger charge is -2.42. The number of amidine groups is 1. The summed E-state index contributed by atoms with van der Waals surface area (Å²) in [6.07, 6.45) is 1.30. The Morgan fingerprint density at radius 2 is 2.29 bits per heavy atom. The van der Waals surface area contributed by atoms with E-state index >= 15 is 0 Å². The van der Waals surface area contributed by atoms with E-state index in [1.54, 1.807) is 0 Å². The van der Waals surface area contributed by atoms with Gasteiger partial charge in [-0.3, -0.25) is 4.90 Å². The number of oxime groups is 1. The Morgan fingerprint density at radius 3 is 2.88 bits per heavy atom. The first kappa shape index (κ1) is 14.2.